The minimum atomic E-state index is -1.16. The van der Waals surface area contributed by atoms with Crippen molar-refractivity contribution in [3.63, 3.8) is 0 Å². The Morgan fingerprint density at radius 3 is 1.50 bits per heavy atom. The number of rotatable bonds is 3. The van der Waals surface area contributed by atoms with Crippen LogP contribution in [-0.4, -0.2) is 19.9 Å². The maximum absolute atomic E-state index is 13.6. The molecule has 26 heavy (non-hydrogen) atoms. The van der Waals surface area contributed by atoms with Crippen molar-refractivity contribution >= 4 is 0 Å². The smallest absolute Gasteiger partial charge is 0.225 e. The van der Waals surface area contributed by atoms with Crippen LogP contribution in [0.3, 0.4) is 0 Å². The summed E-state index contributed by atoms with van der Waals surface area (Å²) in [5, 5.41) is 0. The lowest BCUT2D eigenvalue weighted by molar-refractivity contribution is 0.480. The highest BCUT2D eigenvalue weighted by Crippen LogP contribution is 2.24. The van der Waals surface area contributed by atoms with Crippen LogP contribution in [0.25, 0.3) is 34.2 Å². The molecule has 0 atom stereocenters. The van der Waals surface area contributed by atoms with Gasteiger partial charge in [0.1, 0.15) is 0 Å². The van der Waals surface area contributed by atoms with E-state index in [2.05, 4.69) is 19.9 Å². The molecule has 2 aromatic carbocycles. The highest BCUT2D eigenvalue weighted by Gasteiger charge is 2.14. The van der Waals surface area contributed by atoms with Gasteiger partial charge in [0.2, 0.25) is 5.95 Å². The number of hydrogen-bond acceptors (Lipinski definition) is 4. The molecule has 2 heterocycles. The summed E-state index contributed by atoms with van der Waals surface area (Å²) in [5.41, 5.74) is 1.87. The summed E-state index contributed by atoms with van der Waals surface area (Å²) in [5.74, 6) is -1.10. The molecular formula is C20H12F2N4. The minimum Gasteiger partial charge on any atom is -0.225 e. The van der Waals surface area contributed by atoms with E-state index in [-0.39, 0.29) is 11.4 Å². The summed E-state index contributed by atoms with van der Waals surface area (Å²) in [6.45, 7) is 0. The predicted molar refractivity (Wildman–Crippen MR) is 93.8 cm³/mol. The Kier molecular flexibility index (Phi) is 4.15. The molecule has 0 bridgehead atoms. The summed E-state index contributed by atoms with van der Waals surface area (Å²) in [4.78, 5) is 16.8. The maximum atomic E-state index is 13.6. The average molecular weight is 346 g/mol. The van der Waals surface area contributed by atoms with Crippen LogP contribution in [0.5, 0.6) is 0 Å². The van der Waals surface area contributed by atoms with Gasteiger partial charge in [0.05, 0.1) is 0 Å². The average Bonchev–Trinajstić information content (AvgIpc) is 2.71. The third kappa shape index (κ3) is 3.17. The number of nitrogens with zero attached hydrogens (tertiary/aromatic N) is 4. The molecule has 4 rings (SSSR count). The predicted octanol–water partition coefficient (Wildman–Crippen LogP) is 4.55. The summed E-state index contributed by atoms with van der Waals surface area (Å²) in [6.07, 6.45) is 1.21. The summed E-state index contributed by atoms with van der Waals surface area (Å²) in [6, 6.07) is 19.8. The lowest BCUT2D eigenvalue weighted by Gasteiger charge is -2.08. The van der Waals surface area contributed by atoms with Gasteiger partial charge in [0.15, 0.2) is 23.3 Å². The van der Waals surface area contributed by atoms with E-state index in [1.54, 1.807) is 0 Å². The first-order valence-corrected chi connectivity index (χ1v) is 7.89. The van der Waals surface area contributed by atoms with Crippen molar-refractivity contribution in [2.75, 3.05) is 0 Å². The van der Waals surface area contributed by atoms with Gasteiger partial charge in [0.25, 0.3) is 0 Å². The van der Waals surface area contributed by atoms with Gasteiger partial charge in [-0.25, -0.2) is 24.3 Å². The molecule has 4 aromatic rings. The molecule has 0 aliphatic heterocycles. The van der Waals surface area contributed by atoms with E-state index in [1.165, 1.54) is 6.20 Å². The van der Waals surface area contributed by atoms with Gasteiger partial charge in [-0.3, -0.25) is 0 Å². The van der Waals surface area contributed by atoms with E-state index < -0.39 is 11.8 Å². The number of pyridine rings is 1. The molecule has 2 aromatic heterocycles. The largest absolute Gasteiger partial charge is 0.248 e. The Morgan fingerprint density at radius 1 is 0.577 bits per heavy atom. The van der Waals surface area contributed by atoms with E-state index in [1.807, 2.05) is 60.7 Å². The van der Waals surface area contributed by atoms with Gasteiger partial charge < -0.3 is 0 Å². The molecule has 4 nitrogen and oxygen atoms in total. The third-order valence-corrected chi connectivity index (χ3v) is 3.75. The van der Waals surface area contributed by atoms with Gasteiger partial charge in [-0.15, -0.1) is 0 Å². The normalized spacial score (nSPS) is 10.7. The van der Waals surface area contributed by atoms with E-state index >= 15 is 0 Å². The second-order valence-corrected chi connectivity index (χ2v) is 5.53. The van der Waals surface area contributed by atoms with Crippen molar-refractivity contribution in [1.82, 2.24) is 19.9 Å². The minimum absolute atomic E-state index is 0.226. The molecule has 0 radical (unpaired) electrons. The van der Waals surface area contributed by atoms with E-state index in [9.17, 15) is 8.78 Å². The van der Waals surface area contributed by atoms with Gasteiger partial charge in [-0.1, -0.05) is 60.7 Å². The van der Waals surface area contributed by atoms with Crippen molar-refractivity contribution in [3.05, 3.63) is 84.7 Å². The molecule has 126 valence electrons. The molecule has 6 heteroatoms. The quantitative estimate of drug-likeness (QED) is 0.511. The summed E-state index contributed by atoms with van der Waals surface area (Å²) < 4.78 is 26.8. The first-order chi connectivity index (χ1) is 12.7. The van der Waals surface area contributed by atoms with Gasteiger partial charge in [-0.2, -0.15) is 4.39 Å². The first-order valence-electron chi connectivity index (χ1n) is 7.89. The van der Waals surface area contributed by atoms with Crippen LogP contribution in [0.2, 0.25) is 0 Å². The second-order valence-electron chi connectivity index (χ2n) is 5.53. The third-order valence-electron chi connectivity index (χ3n) is 3.75. The van der Waals surface area contributed by atoms with Crippen LogP contribution >= 0.6 is 0 Å². The first kappa shape index (κ1) is 16.0. The molecule has 0 saturated heterocycles. The Morgan fingerprint density at radius 2 is 1.04 bits per heavy atom. The van der Waals surface area contributed by atoms with E-state index in [0.29, 0.717) is 11.6 Å². The zero-order valence-corrected chi connectivity index (χ0v) is 13.5. The molecule has 0 amide bonds. The van der Waals surface area contributed by atoms with Crippen LogP contribution in [0, 0.1) is 11.8 Å². The van der Waals surface area contributed by atoms with Crippen LogP contribution in [0.15, 0.2) is 72.9 Å². The van der Waals surface area contributed by atoms with Crippen LogP contribution in [0.4, 0.5) is 8.78 Å². The zero-order chi connectivity index (χ0) is 17.9. The topological polar surface area (TPSA) is 51.6 Å². The molecule has 0 aliphatic rings. The Labute approximate surface area is 148 Å². The Balaban J connectivity index is 1.92. The van der Waals surface area contributed by atoms with Crippen molar-refractivity contribution in [2.24, 2.45) is 0 Å². The summed E-state index contributed by atoms with van der Waals surface area (Å²) >= 11 is 0. The number of aromatic nitrogens is 4. The lowest BCUT2D eigenvalue weighted by Crippen LogP contribution is -2.01. The molecule has 0 aliphatic carbocycles. The molecule has 0 saturated carbocycles. The molecule has 0 N–H and O–H groups in total. The molecule has 0 spiro atoms. The van der Waals surface area contributed by atoms with Gasteiger partial charge in [-0.05, 0) is 6.07 Å². The van der Waals surface area contributed by atoms with Crippen LogP contribution in [-0.2, 0) is 0 Å². The summed E-state index contributed by atoms with van der Waals surface area (Å²) in [7, 11) is 0. The second kappa shape index (κ2) is 6.76. The highest BCUT2D eigenvalue weighted by molar-refractivity contribution is 5.65. The van der Waals surface area contributed by atoms with Gasteiger partial charge in [0, 0.05) is 22.9 Å². The fraction of sp³-hybridized carbons (Fsp3) is 0. The lowest BCUT2D eigenvalue weighted by atomic mass is 10.1. The van der Waals surface area contributed by atoms with Gasteiger partial charge >= 0.3 is 0 Å². The molecule has 0 unspecified atom stereocenters. The molecule has 0 fully saturated rings. The fourth-order valence-corrected chi connectivity index (χ4v) is 2.48. The van der Waals surface area contributed by atoms with E-state index in [4.69, 9.17) is 0 Å². The zero-order valence-electron chi connectivity index (χ0n) is 13.5. The fourth-order valence-electron chi connectivity index (χ4n) is 2.48. The van der Waals surface area contributed by atoms with Crippen LogP contribution in [0.1, 0.15) is 0 Å². The van der Waals surface area contributed by atoms with Crippen molar-refractivity contribution in [2.45, 2.75) is 0 Å². The Hall–Kier alpha value is -3.54. The van der Waals surface area contributed by atoms with Crippen LogP contribution < -0.4 is 0 Å². The van der Waals surface area contributed by atoms with Crippen molar-refractivity contribution in [1.29, 1.82) is 0 Å². The highest BCUT2D eigenvalue weighted by atomic mass is 19.2. The maximum Gasteiger partial charge on any atom is 0.248 e. The standard InChI is InChI=1S/C20H12F2N4/c21-16-11-15(12-23-17(16)22)20-25-18(13-7-3-1-4-8-13)24-19(26-20)14-9-5-2-6-10-14/h1-12H. The monoisotopic (exact) mass is 346 g/mol. The number of benzene rings is 2. The van der Waals surface area contributed by atoms with Crippen molar-refractivity contribution < 1.29 is 8.78 Å². The molecular weight excluding hydrogens is 334 g/mol. The van der Waals surface area contributed by atoms with E-state index in [0.717, 1.165) is 17.2 Å². The Bertz CT molecular complexity index is 996. The SMILES string of the molecule is Fc1cc(-c2nc(-c3ccccc3)nc(-c3ccccc3)n2)cnc1F. The number of hydrogen-bond donors (Lipinski definition) is 0. The van der Waals surface area contributed by atoms with Crippen molar-refractivity contribution in [3.8, 4) is 34.2 Å². The number of halogens is 2.